The number of hydrogen-bond donors (Lipinski definition) is 2. The van der Waals surface area contributed by atoms with E-state index in [0.29, 0.717) is 18.5 Å². The second kappa shape index (κ2) is 7.47. The van der Waals surface area contributed by atoms with Crippen molar-refractivity contribution in [3.63, 3.8) is 0 Å². The summed E-state index contributed by atoms with van der Waals surface area (Å²) in [6.07, 6.45) is 1.43. The van der Waals surface area contributed by atoms with Crippen molar-refractivity contribution in [3.8, 4) is 6.07 Å². The van der Waals surface area contributed by atoms with Crippen molar-refractivity contribution in [2.75, 3.05) is 18.0 Å². The topological polar surface area (TPSA) is 82.2 Å². The zero-order chi connectivity index (χ0) is 16.9. The second-order valence-electron chi connectivity index (χ2n) is 5.96. The molecular formula is C18H20N4OS. The van der Waals surface area contributed by atoms with E-state index in [0.717, 1.165) is 23.5 Å². The summed E-state index contributed by atoms with van der Waals surface area (Å²) < 4.78 is 0. The highest BCUT2D eigenvalue weighted by Gasteiger charge is 2.27. The largest absolute Gasteiger partial charge is 0.368 e. The number of amides is 1. The normalized spacial score (nSPS) is 18.2. The van der Waals surface area contributed by atoms with Gasteiger partial charge < -0.3 is 16.0 Å². The first-order chi connectivity index (χ1) is 11.7. The van der Waals surface area contributed by atoms with E-state index >= 15 is 0 Å². The summed E-state index contributed by atoms with van der Waals surface area (Å²) in [5.74, 6) is -0.108. The van der Waals surface area contributed by atoms with Crippen LogP contribution in [0.5, 0.6) is 0 Å². The summed E-state index contributed by atoms with van der Waals surface area (Å²) in [7, 11) is 0. The van der Waals surface area contributed by atoms with Gasteiger partial charge in [-0.3, -0.25) is 4.79 Å². The van der Waals surface area contributed by atoms with Crippen LogP contribution in [0.25, 0.3) is 0 Å². The fourth-order valence-electron chi connectivity index (χ4n) is 2.99. The van der Waals surface area contributed by atoms with Crippen LogP contribution in [0, 0.1) is 11.3 Å². The molecule has 1 aliphatic rings. The molecule has 1 aromatic heterocycles. The molecule has 3 rings (SSSR count). The Kier molecular flexibility index (Phi) is 5.14. The van der Waals surface area contributed by atoms with Gasteiger partial charge >= 0.3 is 0 Å². The molecule has 1 fully saturated rings. The van der Waals surface area contributed by atoms with E-state index in [-0.39, 0.29) is 11.9 Å². The number of nitrogens with one attached hydrogen (secondary N) is 1. The van der Waals surface area contributed by atoms with E-state index in [1.54, 1.807) is 11.3 Å². The molecule has 1 amide bonds. The zero-order valence-corrected chi connectivity index (χ0v) is 14.1. The fourth-order valence-corrected chi connectivity index (χ4v) is 3.75. The van der Waals surface area contributed by atoms with Gasteiger partial charge in [-0.25, -0.2) is 0 Å². The summed E-state index contributed by atoms with van der Waals surface area (Å²) in [5, 5.41) is 14.3. The highest BCUT2D eigenvalue weighted by molar-refractivity contribution is 7.09. The average molecular weight is 340 g/mol. The Labute approximate surface area is 145 Å². The van der Waals surface area contributed by atoms with Gasteiger partial charge in [0.2, 0.25) is 5.91 Å². The fraction of sp³-hybridized carbons (Fsp3) is 0.333. The molecule has 1 saturated heterocycles. The number of rotatable bonds is 5. The van der Waals surface area contributed by atoms with E-state index in [1.165, 1.54) is 0 Å². The van der Waals surface area contributed by atoms with Crippen molar-refractivity contribution in [3.05, 3.63) is 52.2 Å². The quantitative estimate of drug-likeness (QED) is 0.871. The maximum absolute atomic E-state index is 12.3. The SMILES string of the molecule is N#Cc1ccccc1N1CCC(NC(=O)C(N)Cc2cccs2)C1. The van der Waals surface area contributed by atoms with Gasteiger partial charge in [-0.2, -0.15) is 5.26 Å². The van der Waals surface area contributed by atoms with Gasteiger partial charge in [-0.1, -0.05) is 18.2 Å². The molecule has 0 saturated carbocycles. The Morgan fingerprint density at radius 2 is 2.25 bits per heavy atom. The third-order valence-electron chi connectivity index (χ3n) is 4.24. The van der Waals surface area contributed by atoms with Gasteiger partial charge in [0.25, 0.3) is 0 Å². The lowest BCUT2D eigenvalue weighted by Crippen LogP contribution is -2.47. The highest BCUT2D eigenvalue weighted by Crippen LogP contribution is 2.24. The molecule has 2 heterocycles. The molecule has 0 radical (unpaired) electrons. The molecule has 0 spiro atoms. The van der Waals surface area contributed by atoms with Crippen molar-refractivity contribution in [2.24, 2.45) is 5.73 Å². The molecule has 0 aliphatic carbocycles. The first-order valence-electron chi connectivity index (χ1n) is 8.00. The molecule has 1 aliphatic heterocycles. The van der Waals surface area contributed by atoms with Crippen LogP contribution in [0.4, 0.5) is 5.69 Å². The number of benzene rings is 1. The summed E-state index contributed by atoms with van der Waals surface area (Å²) in [6.45, 7) is 1.53. The molecular weight excluding hydrogens is 320 g/mol. The van der Waals surface area contributed by atoms with Gasteiger partial charge in [0.1, 0.15) is 6.07 Å². The highest BCUT2D eigenvalue weighted by atomic mass is 32.1. The predicted molar refractivity (Wildman–Crippen MR) is 95.9 cm³/mol. The lowest BCUT2D eigenvalue weighted by atomic mass is 10.1. The Morgan fingerprint density at radius 3 is 3.00 bits per heavy atom. The maximum Gasteiger partial charge on any atom is 0.237 e. The van der Waals surface area contributed by atoms with E-state index in [4.69, 9.17) is 5.73 Å². The van der Waals surface area contributed by atoms with Crippen molar-refractivity contribution in [2.45, 2.75) is 24.9 Å². The monoisotopic (exact) mass is 340 g/mol. The molecule has 3 N–H and O–H groups in total. The van der Waals surface area contributed by atoms with Crippen LogP contribution in [0.1, 0.15) is 16.9 Å². The Hall–Kier alpha value is -2.36. The Morgan fingerprint density at radius 1 is 1.42 bits per heavy atom. The number of nitrogens with two attached hydrogens (primary N) is 1. The minimum atomic E-state index is -0.524. The Balaban J connectivity index is 1.56. The van der Waals surface area contributed by atoms with E-state index in [9.17, 15) is 10.1 Å². The number of carbonyl (C=O) groups is 1. The second-order valence-corrected chi connectivity index (χ2v) is 6.99. The van der Waals surface area contributed by atoms with E-state index in [1.807, 2.05) is 41.8 Å². The van der Waals surface area contributed by atoms with Gasteiger partial charge in [0.15, 0.2) is 0 Å². The van der Waals surface area contributed by atoms with Crippen molar-refractivity contribution in [1.82, 2.24) is 5.32 Å². The van der Waals surface area contributed by atoms with Crippen LogP contribution in [0.15, 0.2) is 41.8 Å². The van der Waals surface area contributed by atoms with Crippen LogP contribution >= 0.6 is 11.3 Å². The van der Waals surface area contributed by atoms with Crippen LogP contribution < -0.4 is 16.0 Å². The number of carbonyl (C=O) groups excluding carboxylic acids is 1. The predicted octanol–water partition coefficient (Wildman–Crippen LogP) is 1.88. The number of nitriles is 1. The molecule has 2 aromatic rings. The van der Waals surface area contributed by atoms with E-state index < -0.39 is 6.04 Å². The standard InChI is InChI=1S/C18H20N4OS/c19-11-13-4-1-2-6-17(13)22-8-7-14(12-22)21-18(23)16(20)10-15-5-3-9-24-15/h1-6,9,14,16H,7-8,10,12,20H2,(H,21,23). The third-order valence-corrected chi connectivity index (χ3v) is 5.14. The maximum atomic E-state index is 12.3. The molecule has 1 aromatic carbocycles. The molecule has 6 heteroatoms. The average Bonchev–Trinajstić information content (AvgIpc) is 3.26. The van der Waals surface area contributed by atoms with Crippen LogP contribution in [0.3, 0.4) is 0 Å². The summed E-state index contributed by atoms with van der Waals surface area (Å²) in [5.41, 5.74) is 7.61. The van der Waals surface area contributed by atoms with E-state index in [2.05, 4.69) is 16.3 Å². The summed E-state index contributed by atoms with van der Waals surface area (Å²) >= 11 is 1.61. The minimum absolute atomic E-state index is 0.0682. The van der Waals surface area contributed by atoms with Gasteiger partial charge in [0.05, 0.1) is 17.3 Å². The zero-order valence-electron chi connectivity index (χ0n) is 13.3. The minimum Gasteiger partial charge on any atom is -0.368 e. The van der Waals surface area contributed by atoms with Crippen molar-refractivity contribution < 1.29 is 4.79 Å². The molecule has 5 nitrogen and oxygen atoms in total. The van der Waals surface area contributed by atoms with Crippen LogP contribution in [0.2, 0.25) is 0 Å². The van der Waals surface area contributed by atoms with Crippen molar-refractivity contribution in [1.29, 1.82) is 5.26 Å². The number of hydrogen-bond acceptors (Lipinski definition) is 5. The summed E-state index contributed by atoms with van der Waals surface area (Å²) in [4.78, 5) is 15.6. The van der Waals surface area contributed by atoms with Crippen molar-refractivity contribution >= 4 is 22.9 Å². The number of thiophene rings is 1. The van der Waals surface area contributed by atoms with Gasteiger partial charge in [-0.15, -0.1) is 11.3 Å². The molecule has 24 heavy (non-hydrogen) atoms. The van der Waals surface area contributed by atoms with Gasteiger partial charge in [0, 0.05) is 30.4 Å². The molecule has 0 bridgehead atoms. The number of para-hydroxylation sites is 1. The smallest absolute Gasteiger partial charge is 0.237 e. The Bertz CT molecular complexity index is 738. The first-order valence-corrected chi connectivity index (χ1v) is 8.87. The third kappa shape index (κ3) is 3.75. The number of anilines is 1. The molecule has 2 unspecified atom stereocenters. The van der Waals surface area contributed by atoms with Crippen LogP contribution in [-0.4, -0.2) is 31.1 Å². The summed E-state index contributed by atoms with van der Waals surface area (Å²) in [6, 6.07) is 13.3. The molecule has 2 atom stereocenters. The van der Waals surface area contributed by atoms with Gasteiger partial charge in [-0.05, 0) is 30.0 Å². The molecule has 124 valence electrons. The van der Waals surface area contributed by atoms with Crippen LogP contribution in [-0.2, 0) is 11.2 Å². The first kappa shape index (κ1) is 16.5. The lowest BCUT2D eigenvalue weighted by Gasteiger charge is -2.21. The number of nitrogens with zero attached hydrogens (tertiary/aromatic N) is 2. The lowest BCUT2D eigenvalue weighted by molar-refractivity contribution is -0.122.